The number of carbonyl (C=O) groups excluding carboxylic acids is 1. The summed E-state index contributed by atoms with van der Waals surface area (Å²) in [4.78, 5) is 16.1. The summed E-state index contributed by atoms with van der Waals surface area (Å²) < 4.78 is 42.5. The third-order valence-electron chi connectivity index (χ3n) is 2.61. The fourth-order valence-corrected chi connectivity index (χ4v) is 2.53. The maximum Gasteiger partial charge on any atom is 0.416 e. The van der Waals surface area contributed by atoms with Crippen molar-refractivity contribution in [2.75, 3.05) is 7.11 Å². The molecule has 0 aliphatic carbocycles. The van der Waals surface area contributed by atoms with Gasteiger partial charge in [0.15, 0.2) is 5.69 Å². The molecule has 0 unspecified atom stereocenters. The van der Waals surface area contributed by atoms with Crippen molar-refractivity contribution < 1.29 is 22.7 Å². The van der Waals surface area contributed by atoms with Gasteiger partial charge in [0, 0.05) is 10.4 Å². The van der Waals surface area contributed by atoms with Gasteiger partial charge in [0.1, 0.15) is 5.01 Å². The second-order valence-electron chi connectivity index (χ2n) is 3.99. The maximum atomic E-state index is 12.7. The number of aromatic nitrogens is 1. The van der Waals surface area contributed by atoms with Crippen LogP contribution in [0.25, 0.3) is 10.6 Å². The molecule has 0 amide bonds. The van der Waals surface area contributed by atoms with E-state index >= 15 is 0 Å². The van der Waals surface area contributed by atoms with Gasteiger partial charge in [-0.05, 0) is 19.1 Å². The average Bonchev–Trinajstić information content (AvgIpc) is 2.79. The van der Waals surface area contributed by atoms with Crippen molar-refractivity contribution in [3.8, 4) is 10.6 Å². The molecule has 0 saturated carbocycles. The minimum atomic E-state index is -4.41. The number of alkyl halides is 3. The Morgan fingerprint density at radius 2 is 2.05 bits per heavy atom. The van der Waals surface area contributed by atoms with Crippen LogP contribution in [-0.4, -0.2) is 18.1 Å². The lowest BCUT2D eigenvalue weighted by Crippen LogP contribution is -2.04. The van der Waals surface area contributed by atoms with Gasteiger partial charge >= 0.3 is 12.1 Å². The largest absolute Gasteiger partial charge is 0.464 e. The molecule has 0 radical (unpaired) electrons. The number of hydrogen-bond acceptors (Lipinski definition) is 4. The zero-order chi connectivity index (χ0) is 14.9. The molecule has 2 rings (SSSR count). The van der Waals surface area contributed by atoms with Crippen LogP contribution in [0.2, 0.25) is 0 Å². The number of aryl methyl sites for hydroxylation is 1. The zero-order valence-electron chi connectivity index (χ0n) is 10.6. The number of halogens is 3. The average molecular weight is 301 g/mol. The molecule has 0 fully saturated rings. The Bertz CT molecular complexity index is 649. The first-order valence-electron chi connectivity index (χ1n) is 5.56. The first-order valence-corrected chi connectivity index (χ1v) is 6.38. The summed E-state index contributed by atoms with van der Waals surface area (Å²) >= 11 is 1.15. The Labute approximate surface area is 117 Å². The third-order valence-corrected chi connectivity index (χ3v) is 3.63. The van der Waals surface area contributed by atoms with E-state index in [4.69, 9.17) is 0 Å². The van der Waals surface area contributed by atoms with Gasteiger partial charge in [-0.1, -0.05) is 12.1 Å². The summed E-state index contributed by atoms with van der Waals surface area (Å²) in [6.45, 7) is 1.67. The highest BCUT2D eigenvalue weighted by Crippen LogP contribution is 2.34. The molecule has 7 heteroatoms. The Kier molecular flexibility index (Phi) is 3.80. The molecule has 0 aliphatic heterocycles. The first-order chi connectivity index (χ1) is 9.32. The minimum Gasteiger partial charge on any atom is -0.464 e. The third kappa shape index (κ3) is 2.82. The number of carbonyl (C=O) groups is 1. The van der Waals surface area contributed by atoms with Gasteiger partial charge in [0.2, 0.25) is 0 Å². The summed E-state index contributed by atoms with van der Waals surface area (Å²) in [6.07, 6.45) is -4.41. The maximum absolute atomic E-state index is 12.7. The summed E-state index contributed by atoms with van der Waals surface area (Å²) in [6, 6.07) is 4.84. The van der Waals surface area contributed by atoms with E-state index in [0.717, 1.165) is 23.5 Å². The van der Waals surface area contributed by atoms with Gasteiger partial charge in [0.25, 0.3) is 0 Å². The lowest BCUT2D eigenvalue weighted by molar-refractivity contribution is -0.137. The number of nitrogens with zero attached hydrogens (tertiary/aromatic N) is 1. The molecule has 0 N–H and O–H groups in total. The Morgan fingerprint density at radius 1 is 1.35 bits per heavy atom. The molecular weight excluding hydrogens is 291 g/mol. The normalized spacial score (nSPS) is 11.4. The minimum absolute atomic E-state index is 0.130. The van der Waals surface area contributed by atoms with E-state index in [1.54, 1.807) is 6.92 Å². The van der Waals surface area contributed by atoms with Crippen LogP contribution in [0.15, 0.2) is 24.3 Å². The van der Waals surface area contributed by atoms with Crippen LogP contribution in [0.1, 0.15) is 20.9 Å². The van der Waals surface area contributed by atoms with Gasteiger partial charge in [-0.15, -0.1) is 11.3 Å². The van der Waals surface area contributed by atoms with E-state index in [0.29, 0.717) is 15.4 Å². The molecule has 1 aromatic carbocycles. The van der Waals surface area contributed by atoms with Crippen LogP contribution >= 0.6 is 11.3 Å². The molecule has 0 saturated heterocycles. The van der Waals surface area contributed by atoms with Crippen molar-refractivity contribution in [1.82, 2.24) is 4.98 Å². The predicted octanol–water partition coefficient (Wildman–Crippen LogP) is 3.92. The fraction of sp³-hybridized carbons (Fsp3) is 0.231. The number of methoxy groups -OCH3 is 1. The van der Waals surface area contributed by atoms with Crippen LogP contribution in [0, 0.1) is 6.92 Å². The van der Waals surface area contributed by atoms with Gasteiger partial charge < -0.3 is 4.74 Å². The van der Waals surface area contributed by atoms with E-state index in [1.165, 1.54) is 19.2 Å². The molecule has 1 heterocycles. The van der Waals surface area contributed by atoms with Gasteiger partial charge in [-0.2, -0.15) is 13.2 Å². The number of rotatable bonds is 2. The molecule has 0 spiro atoms. The lowest BCUT2D eigenvalue weighted by atomic mass is 10.1. The van der Waals surface area contributed by atoms with Crippen LogP contribution in [-0.2, 0) is 10.9 Å². The quantitative estimate of drug-likeness (QED) is 0.789. The van der Waals surface area contributed by atoms with Gasteiger partial charge in [-0.25, -0.2) is 9.78 Å². The first kappa shape index (κ1) is 14.5. The van der Waals surface area contributed by atoms with Crippen LogP contribution in [0.5, 0.6) is 0 Å². The SMILES string of the molecule is COC(=O)c1nc(-c2cccc(C(F)(F)F)c2)sc1C. The second kappa shape index (κ2) is 5.24. The van der Waals surface area contributed by atoms with Crippen molar-refractivity contribution in [2.45, 2.75) is 13.1 Å². The van der Waals surface area contributed by atoms with Crippen molar-refractivity contribution >= 4 is 17.3 Å². The van der Waals surface area contributed by atoms with Crippen molar-refractivity contribution in [2.24, 2.45) is 0 Å². The summed E-state index contributed by atoms with van der Waals surface area (Å²) in [5.41, 5.74) is -0.296. The van der Waals surface area contributed by atoms with E-state index in [1.807, 2.05) is 0 Å². The van der Waals surface area contributed by atoms with Crippen molar-refractivity contribution in [3.63, 3.8) is 0 Å². The number of benzene rings is 1. The van der Waals surface area contributed by atoms with E-state index in [9.17, 15) is 18.0 Å². The van der Waals surface area contributed by atoms with Crippen LogP contribution < -0.4 is 0 Å². The monoisotopic (exact) mass is 301 g/mol. The van der Waals surface area contributed by atoms with Crippen LogP contribution in [0.4, 0.5) is 13.2 Å². The Balaban J connectivity index is 2.45. The number of esters is 1. The van der Waals surface area contributed by atoms with E-state index in [2.05, 4.69) is 9.72 Å². The van der Waals surface area contributed by atoms with Crippen LogP contribution in [0.3, 0.4) is 0 Å². The highest BCUT2D eigenvalue weighted by molar-refractivity contribution is 7.15. The molecule has 1 aromatic heterocycles. The van der Waals surface area contributed by atoms with Crippen molar-refractivity contribution in [1.29, 1.82) is 0 Å². The Hall–Kier alpha value is -1.89. The second-order valence-corrected chi connectivity index (χ2v) is 5.20. The Morgan fingerprint density at radius 3 is 2.65 bits per heavy atom. The lowest BCUT2D eigenvalue weighted by Gasteiger charge is -2.07. The van der Waals surface area contributed by atoms with Gasteiger partial charge in [-0.3, -0.25) is 0 Å². The molecule has 3 nitrogen and oxygen atoms in total. The molecule has 106 valence electrons. The molecule has 2 aromatic rings. The topological polar surface area (TPSA) is 39.2 Å². The molecular formula is C13H10F3NO2S. The number of hydrogen-bond donors (Lipinski definition) is 0. The molecule has 0 bridgehead atoms. The smallest absolute Gasteiger partial charge is 0.416 e. The molecule has 0 atom stereocenters. The van der Waals surface area contributed by atoms with E-state index < -0.39 is 17.7 Å². The highest BCUT2D eigenvalue weighted by Gasteiger charge is 2.30. The number of ether oxygens (including phenoxy) is 1. The number of thiazole rings is 1. The van der Waals surface area contributed by atoms with E-state index in [-0.39, 0.29) is 5.69 Å². The highest BCUT2D eigenvalue weighted by atomic mass is 32.1. The van der Waals surface area contributed by atoms with Crippen molar-refractivity contribution in [3.05, 3.63) is 40.4 Å². The predicted molar refractivity (Wildman–Crippen MR) is 68.6 cm³/mol. The molecule has 20 heavy (non-hydrogen) atoms. The summed E-state index contributed by atoms with van der Waals surface area (Å²) in [5.74, 6) is -0.600. The fourth-order valence-electron chi connectivity index (χ4n) is 1.63. The zero-order valence-corrected chi connectivity index (χ0v) is 11.4. The standard InChI is InChI=1S/C13H10F3NO2S/c1-7-10(12(18)19-2)17-11(20-7)8-4-3-5-9(6-8)13(14,15)16/h3-6H,1-2H3. The molecule has 0 aliphatic rings. The summed E-state index contributed by atoms with van der Waals surface area (Å²) in [7, 11) is 1.23. The summed E-state index contributed by atoms with van der Waals surface area (Å²) in [5, 5.41) is 0.356. The van der Waals surface area contributed by atoms with Gasteiger partial charge in [0.05, 0.1) is 12.7 Å².